The number of nitrogens with one attached hydrogen (secondary N) is 2. The quantitative estimate of drug-likeness (QED) is 0.495. The highest BCUT2D eigenvalue weighted by atomic mass is 35.5. The fraction of sp³-hybridized carbons (Fsp3) is 0.0455. The Hall–Kier alpha value is -3.84. The molecule has 150 valence electrons. The molecule has 0 radical (unpaired) electrons. The van der Waals surface area contributed by atoms with Gasteiger partial charge in [-0.2, -0.15) is 0 Å². The van der Waals surface area contributed by atoms with Crippen molar-refractivity contribution in [2.24, 2.45) is 0 Å². The number of ether oxygens (including phenoxy) is 1. The minimum absolute atomic E-state index is 0.105. The number of pyridine rings is 1. The smallest absolute Gasteiger partial charge is 0.323 e. The molecule has 4 rings (SSSR count). The molecule has 0 saturated carbocycles. The predicted octanol–water partition coefficient (Wildman–Crippen LogP) is 4.57. The molecule has 4 aromatic rings. The highest BCUT2D eigenvalue weighted by Crippen LogP contribution is 2.19. The van der Waals surface area contributed by atoms with Crippen LogP contribution >= 0.6 is 11.6 Å². The van der Waals surface area contributed by atoms with E-state index in [9.17, 15) is 9.59 Å². The van der Waals surface area contributed by atoms with E-state index in [-0.39, 0.29) is 18.2 Å². The largest absolute Gasteiger partial charge is 0.487 e. The Morgan fingerprint density at radius 3 is 2.57 bits per heavy atom. The lowest BCUT2D eigenvalue weighted by Gasteiger charge is -2.10. The number of carbonyl (C=O) groups excluding carboxylic acids is 1. The first-order valence-corrected chi connectivity index (χ1v) is 9.48. The minimum Gasteiger partial charge on any atom is -0.487 e. The molecule has 2 aromatic carbocycles. The summed E-state index contributed by atoms with van der Waals surface area (Å²) in [5.74, 6) is 0.533. The lowest BCUT2D eigenvalue weighted by molar-refractivity contribution is 0.262. The molecule has 2 heterocycles. The molecule has 2 N–H and O–H groups in total. The number of amides is 2. The zero-order valence-electron chi connectivity index (χ0n) is 15.7. The first-order chi connectivity index (χ1) is 14.6. The van der Waals surface area contributed by atoms with Crippen LogP contribution in [0, 0.1) is 0 Å². The summed E-state index contributed by atoms with van der Waals surface area (Å²) in [5.41, 5.74) is 1.99. The summed E-state index contributed by atoms with van der Waals surface area (Å²) in [7, 11) is 0. The van der Waals surface area contributed by atoms with Crippen LogP contribution in [0.3, 0.4) is 0 Å². The number of halogens is 1. The van der Waals surface area contributed by atoms with Crippen molar-refractivity contribution in [2.75, 3.05) is 10.6 Å². The second-order valence-electron chi connectivity index (χ2n) is 6.42. The number of aromatic nitrogens is 2. The van der Waals surface area contributed by atoms with Gasteiger partial charge in [0.2, 0.25) is 0 Å². The van der Waals surface area contributed by atoms with E-state index >= 15 is 0 Å². The first-order valence-electron chi connectivity index (χ1n) is 9.10. The highest BCUT2D eigenvalue weighted by Gasteiger charge is 2.06. The van der Waals surface area contributed by atoms with Crippen LogP contribution in [-0.2, 0) is 6.61 Å². The average molecular weight is 421 g/mol. The van der Waals surface area contributed by atoms with Gasteiger partial charge < -0.3 is 15.4 Å². The van der Waals surface area contributed by atoms with E-state index in [0.29, 0.717) is 33.5 Å². The summed E-state index contributed by atoms with van der Waals surface area (Å²) >= 11 is 5.92. The molecule has 0 atom stereocenters. The summed E-state index contributed by atoms with van der Waals surface area (Å²) < 4.78 is 7.13. The Bertz CT molecular complexity index is 1260. The molecular weight excluding hydrogens is 404 g/mol. The molecular formula is C22H17ClN4O3. The lowest BCUT2D eigenvalue weighted by atomic mass is 10.3. The number of benzene rings is 2. The topological polar surface area (TPSA) is 84.7 Å². The maximum Gasteiger partial charge on any atom is 0.323 e. The van der Waals surface area contributed by atoms with Gasteiger partial charge in [-0.1, -0.05) is 35.9 Å². The van der Waals surface area contributed by atoms with E-state index in [1.807, 2.05) is 18.2 Å². The molecule has 7 nitrogen and oxygen atoms in total. The SMILES string of the molecule is O=C(Nc1ccccc1)Nc1cccc(OCc2cc(=O)n3cc(Cl)ccc3n2)c1. The van der Waals surface area contributed by atoms with Crippen molar-refractivity contribution in [1.82, 2.24) is 9.38 Å². The summed E-state index contributed by atoms with van der Waals surface area (Å²) in [5, 5.41) is 5.96. The molecule has 0 bridgehead atoms. The Labute approximate surface area is 176 Å². The molecule has 30 heavy (non-hydrogen) atoms. The van der Waals surface area contributed by atoms with Gasteiger partial charge in [0.25, 0.3) is 5.56 Å². The predicted molar refractivity (Wildman–Crippen MR) is 116 cm³/mol. The maximum atomic E-state index is 12.2. The molecule has 0 aliphatic carbocycles. The third kappa shape index (κ3) is 4.76. The zero-order chi connectivity index (χ0) is 20.9. The van der Waals surface area contributed by atoms with E-state index in [0.717, 1.165) is 0 Å². The van der Waals surface area contributed by atoms with Crippen LogP contribution in [0.5, 0.6) is 5.75 Å². The van der Waals surface area contributed by atoms with Gasteiger partial charge in [0, 0.05) is 29.7 Å². The Balaban J connectivity index is 1.42. The Kier molecular flexibility index (Phi) is 5.63. The monoisotopic (exact) mass is 420 g/mol. The van der Waals surface area contributed by atoms with Crippen molar-refractivity contribution >= 4 is 34.7 Å². The van der Waals surface area contributed by atoms with Crippen molar-refractivity contribution in [1.29, 1.82) is 0 Å². The number of para-hydroxylation sites is 1. The van der Waals surface area contributed by atoms with Gasteiger partial charge >= 0.3 is 6.03 Å². The van der Waals surface area contributed by atoms with Crippen molar-refractivity contribution < 1.29 is 9.53 Å². The van der Waals surface area contributed by atoms with Crippen LogP contribution in [0.4, 0.5) is 16.2 Å². The van der Waals surface area contributed by atoms with Crippen LogP contribution in [-0.4, -0.2) is 15.4 Å². The van der Waals surface area contributed by atoms with E-state index in [1.165, 1.54) is 16.7 Å². The van der Waals surface area contributed by atoms with Crippen LogP contribution in [0.1, 0.15) is 5.69 Å². The second kappa shape index (κ2) is 8.67. The molecule has 0 aliphatic rings. The van der Waals surface area contributed by atoms with E-state index < -0.39 is 0 Å². The van der Waals surface area contributed by atoms with Crippen LogP contribution in [0.2, 0.25) is 5.02 Å². The van der Waals surface area contributed by atoms with E-state index in [2.05, 4.69) is 15.6 Å². The molecule has 0 saturated heterocycles. The normalized spacial score (nSPS) is 10.6. The van der Waals surface area contributed by atoms with Gasteiger partial charge in [-0.05, 0) is 36.4 Å². The summed E-state index contributed by atoms with van der Waals surface area (Å²) in [6.45, 7) is 0.105. The number of hydrogen-bond donors (Lipinski definition) is 2. The summed E-state index contributed by atoms with van der Waals surface area (Å²) in [4.78, 5) is 28.8. The first kappa shape index (κ1) is 19.5. The van der Waals surface area contributed by atoms with E-state index in [1.54, 1.807) is 48.5 Å². The summed E-state index contributed by atoms with van der Waals surface area (Å²) in [6.07, 6.45) is 1.52. The van der Waals surface area contributed by atoms with Crippen molar-refractivity contribution in [3.8, 4) is 5.75 Å². The number of fused-ring (bicyclic) bond motifs is 1. The van der Waals surface area contributed by atoms with E-state index in [4.69, 9.17) is 16.3 Å². The molecule has 8 heteroatoms. The molecule has 0 spiro atoms. The molecule has 2 amide bonds. The number of carbonyl (C=O) groups is 1. The van der Waals surface area contributed by atoms with Crippen LogP contribution in [0.15, 0.2) is 83.8 Å². The van der Waals surface area contributed by atoms with Gasteiger partial charge in [-0.15, -0.1) is 0 Å². The molecule has 2 aromatic heterocycles. The standard InChI is InChI=1S/C22H17ClN4O3/c23-15-9-10-20-24-18(12-21(28)27(20)13-15)14-30-19-8-4-7-17(11-19)26-22(29)25-16-5-2-1-3-6-16/h1-13H,14H2,(H2,25,26,29). The third-order valence-electron chi connectivity index (χ3n) is 4.19. The number of nitrogens with zero attached hydrogens (tertiary/aromatic N) is 2. The zero-order valence-corrected chi connectivity index (χ0v) is 16.5. The van der Waals surface area contributed by atoms with Gasteiger partial charge in [0.1, 0.15) is 18.0 Å². The highest BCUT2D eigenvalue weighted by molar-refractivity contribution is 6.30. The van der Waals surface area contributed by atoms with Crippen molar-refractivity contribution in [2.45, 2.75) is 6.61 Å². The van der Waals surface area contributed by atoms with Gasteiger partial charge in [0.05, 0.1) is 10.7 Å². The van der Waals surface area contributed by atoms with Crippen LogP contribution < -0.4 is 20.9 Å². The number of urea groups is 1. The average Bonchev–Trinajstić information content (AvgIpc) is 2.74. The fourth-order valence-corrected chi connectivity index (χ4v) is 3.00. The lowest BCUT2D eigenvalue weighted by Crippen LogP contribution is -2.19. The minimum atomic E-state index is -0.360. The molecule has 0 fully saturated rings. The fourth-order valence-electron chi connectivity index (χ4n) is 2.84. The maximum absolute atomic E-state index is 12.2. The third-order valence-corrected chi connectivity index (χ3v) is 4.41. The van der Waals surface area contributed by atoms with Crippen molar-refractivity contribution in [3.63, 3.8) is 0 Å². The number of anilines is 2. The van der Waals surface area contributed by atoms with Gasteiger partial charge in [0.15, 0.2) is 0 Å². The Morgan fingerprint density at radius 2 is 1.73 bits per heavy atom. The Morgan fingerprint density at radius 1 is 0.967 bits per heavy atom. The molecule has 0 unspecified atom stereocenters. The van der Waals surface area contributed by atoms with Gasteiger partial charge in [-0.25, -0.2) is 9.78 Å². The second-order valence-corrected chi connectivity index (χ2v) is 6.86. The molecule has 0 aliphatic heterocycles. The summed E-state index contributed by atoms with van der Waals surface area (Å²) in [6, 6.07) is 20.5. The number of hydrogen-bond acceptors (Lipinski definition) is 4. The van der Waals surface area contributed by atoms with Crippen molar-refractivity contribution in [3.05, 3.63) is 100 Å². The van der Waals surface area contributed by atoms with Crippen LogP contribution in [0.25, 0.3) is 5.65 Å². The van der Waals surface area contributed by atoms with Gasteiger partial charge in [-0.3, -0.25) is 9.20 Å². The number of rotatable bonds is 5.